The van der Waals surface area contributed by atoms with Gasteiger partial charge in [0, 0.05) is 50.7 Å². The van der Waals surface area contributed by atoms with Crippen LogP contribution in [-0.2, 0) is 6.54 Å². The second-order valence-electron chi connectivity index (χ2n) is 4.96. The molecule has 2 unspecified atom stereocenters. The fraction of sp³-hybridized carbons (Fsp3) is 0.615. The standard InChI is InChI=1S/C13H22N4/c1-11-8-17(10-13(6-14)16(11)2)9-12-4-3-5-15-7-12/h3-5,7,11,13H,6,8-10,14H2,1-2H3. The second kappa shape index (κ2) is 5.58. The summed E-state index contributed by atoms with van der Waals surface area (Å²) in [5, 5.41) is 0. The Kier molecular flexibility index (Phi) is 4.10. The summed E-state index contributed by atoms with van der Waals surface area (Å²) >= 11 is 0. The average molecular weight is 234 g/mol. The van der Waals surface area contributed by atoms with Crippen LogP contribution in [0.25, 0.3) is 0 Å². The lowest BCUT2D eigenvalue weighted by molar-refractivity contribution is 0.0510. The van der Waals surface area contributed by atoms with Crippen molar-refractivity contribution in [3.8, 4) is 0 Å². The van der Waals surface area contributed by atoms with E-state index in [0.29, 0.717) is 12.1 Å². The number of aromatic nitrogens is 1. The Labute approximate surface area is 103 Å². The van der Waals surface area contributed by atoms with Crippen LogP contribution in [0.2, 0.25) is 0 Å². The molecule has 2 atom stereocenters. The Hall–Kier alpha value is -0.970. The summed E-state index contributed by atoms with van der Waals surface area (Å²) in [7, 11) is 2.17. The second-order valence-corrected chi connectivity index (χ2v) is 4.96. The largest absolute Gasteiger partial charge is 0.329 e. The van der Waals surface area contributed by atoms with Crippen molar-refractivity contribution >= 4 is 0 Å². The van der Waals surface area contributed by atoms with Crippen LogP contribution in [0.3, 0.4) is 0 Å². The summed E-state index contributed by atoms with van der Waals surface area (Å²) in [5.74, 6) is 0. The van der Waals surface area contributed by atoms with Crippen molar-refractivity contribution in [1.82, 2.24) is 14.8 Å². The van der Waals surface area contributed by atoms with Crippen LogP contribution in [0.15, 0.2) is 24.5 Å². The van der Waals surface area contributed by atoms with Gasteiger partial charge in [-0.2, -0.15) is 0 Å². The molecular formula is C13H22N4. The predicted molar refractivity (Wildman–Crippen MR) is 69.6 cm³/mol. The molecule has 2 rings (SSSR count). The lowest BCUT2D eigenvalue weighted by atomic mass is 10.1. The molecule has 0 amide bonds. The molecule has 4 heteroatoms. The number of piperazine rings is 1. The highest BCUT2D eigenvalue weighted by molar-refractivity contribution is 5.08. The Morgan fingerprint density at radius 2 is 2.29 bits per heavy atom. The highest BCUT2D eigenvalue weighted by Gasteiger charge is 2.28. The van der Waals surface area contributed by atoms with Crippen molar-refractivity contribution in [2.75, 3.05) is 26.7 Å². The maximum Gasteiger partial charge on any atom is 0.0346 e. The molecular weight excluding hydrogens is 212 g/mol. The molecule has 0 saturated carbocycles. The number of rotatable bonds is 3. The maximum absolute atomic E-state index is 5.83. The molecule has 2 N–H and O–H groups in total. The topological polar surface area (TPSA) is 45.4 Å². The molecule has 1 aromatic rings. The van der Waals surface area contributed by atoms with Crippen molar-refractivity contribution in [3.63, 3.8) is 0 Å². The molecule has 94 valence electrons. The van der Waals surface area contributed by atoms with E-state index >= 15 is 0 Å². The van der Waals surface area contributed by atoms with Crippen molar-refractivity contribution < 1.29 is 0 Å². The Morgan fingerprint density at radius 1 is 1.47 bits per heavy atom. The minimum absolute atomic E-state index is 0.468. The van der Waals surface area contributed by atoms with E-state index in [4.69, 9.17) is 5.73 Å². The molecule has 1 saturated heterocycles. The molecule has 1 aliphatic rings. The minimum Gasteiger partial charge on any atom is -0.329 e. The lowest BCUT2D eigenvalue weighted by Crippen LogP contribution is -2.58. The number of hydrogen-bond acceptors (Lipinski definition) is 4. The van der Waals surface area contributed by atoms with Gasteiger partial charge < -0.3 is 5.73 Å². The fourth-order valence-electron chi connectivity index (χ4n) is 2.48. The first-order valence-corrected chi connectivity index (χ1v) is 6.24. The quantitative estimate of drug-likeness (QED) is 0.829. The van der Waals surface area contributed by atoms with Gasteiger partial charge in [0.05, 0.1) is 0 Å². The van der Waals surface area contributed by atoms with Gasteiger partial charge in [-0.25, -0.2) is 0 Å². The average Bonchev–Trinajstić information content (AvgIpc) is 2.35. The number of nitrogens with zero attached hydrogens (tertiary/aromatic N) is 3. The molecule has 1 aliphatic heterocycles. The van der Waals surface area contributed by atoms with Crippen molar-refractivity contribution in [1.29, 1.82) is 0 Å². The molecule has 0 aromatic carbocycles. The molecule has 0 bridgehead atoms. The molecule has 17 heavy (non-hydrogen) atoms. The third-order valence-electron chi connectivity index (χ3n) is 3.66. The molecule has 2 heterocycles. The maximum atomic E-state index is 5.83. The fourth-order valence-corrected chi connectivity index (χ4v) is 2.48. The highest BCUT2D eigenvalue weighted by atomic mass is 15.3. The van der Waals surface area contributed by atoms with Crippen molar-refractivity contribution in [3.05, 3.63) is 30.1 Å². The van der Waals surface area contributed by atoms with Gasteiger partial charge in [0.2, 0.25) is 0 Å². The Balaban J connectivity index is 1.98. The van der Waals surface area contributed by atoms with Crippen molar-refractivity contribution in [2.24, 2.45) is 5.73 Å². The van der Waals surface area contributed by atoms with Gasteiger partial charge >= 0.3 is 0 Å². The first-order chi connectivity index (χ1) is 8.20. The van der Waals surface area contributed by atoms with E-state index in [0.717, 1.165) is 26.2 Å². The normalized spacial score (nSPS) is 27.2. The van der Waals surface area contributed by atoms with E-state index in [-0.39, 0.29) is 0 Å². The van der Waals surface area contributed by atoms with Gasteiger partial charge in [0.25, 0.3) is 0 Å². The van der Waals surface area contributed by atoms with E-state index in [2.05, 4.69) is 34.8 Å². The van der Waals surface area contributed by atoms with Gasteiger partial charge in [0.1, 0.15) is 0 Å². The van der Waals surface area contributed by atoms with E-state index in [1.165, 1.54) is 5.56 Å². The van der Waals surface area contributed by atoms with Crippen LogP contribution >= 0.6 is 0 Å². The first kappa shape index (κ1) is 12.5. The minimum atomic E-state index is 0.468. The first-order valence-electron chi connectivity index (χ1n) is 6.24. The smallest absolute Gasteiger partial charge is 0.0346 e. The molecule has 0 radical (unpaired) electrons. The van der Waals surface area contributed by atoms with Crippen LogP contribution in [0.4, 0.5) is 0 Å². The van der Waals surface area contributed by atoms with E-state index in [9.17, 15) is 0 Å². The number of pyridine rings is 1. The third kappa shape index (κ3) is 3.03. The van der Waals surface area contributed by atoms with Gasteiger partial charge in [-0.3, -0.25) is 14.8 Å². The Morgan fingerprint density at radius 3 is 2.94 bits per heavy atom. The Bertz CT molecular complexity index is 341. The summed E-state index contributed by atoms with van der Waals surface area (Å²) in [5.41, 5.74) is 7.11. The number of nitrogens with two attached hydrogens (primary N) is 1. The third-order valence-corrected chi connectivity index (χ3v) is 3.66. The highest BCUT2D eigenvalue weighted by Crippen LogP contribution is 2.15. The van der Waals surface area contributed by atoms with E-state index < -0.39 is 0 Å². The SMILES string of the molecule is CC1CN(Cc2cccnc2)CC(CN)N1C. The summed E-state index contributed by atoms with van der Waals surface area (Å²) in [4.78, 5) is 9.02. The van der Waals surface area contributed by atoms with E-state index in [1.807, 2.05) is 18.5 Å². The summed E-state index contributed by atoms with van der Waals surface area (Å²) < 4.78 is 0. The van der Waals surface area contributed by atoms with Gasteiger partial charge in [0.15, 0.2) is 0 Å². The van der Waals surface area contributed by atoms with Crippen LogP contribution in [0.5, 0.6) is 0 Å². The molecule has 1 fully saturated rings. The molecule has 1 aromatic heterocycles. The summed E-state index contributed by atoms with van der Waals surface area (Å²) in [6.07, 6.45) is 3.76. The van der Waals surface area contributed by atoms with Gasteiger partial charge in [-0.1, -0.05) is 6.07 Å². The molecule has 4 nitrogen and oxygen atoms in total. The number of hydrogen-bond donors (Lipinski definition) is 1. The van der Waals surface area contributed by atoms with Gasteiger partial charge in [-0.05, 0) is 25.6 Å². The van der Waals surface area contributed by atoms with Crippen LogP contribution in [0.1, 0.15) is 12.5 Å². The van der Waals surface area contributed by atoms with Crippen molar-refractivity contribution in [2.45, 2.75) is 25.6 Å². The summed E-state index contributed by atoms with van der Waals surface area (Å²) in [6.45, 7) is 6.11. The molecule has 0 spiro atoms. The van der Waals surface area contributed by atoms with E-state index in [1.54, 1.807) is 0 Å². The zero-order valence-corrected chi connectivity index (χ0v) is 10.7. The monoisotopic (exact) mass is 234 g/mol. The van der Waals surface area contributed by atoms with Crippen LogP contribution in [0, 0.1) is 0 Å². The zero-order chi connectivity index (χ0) is 12.3. The molecule has 0 aliphatic carbocycles. The van der Waals surface area contributed by atoms with Gasteiger partial charge in [-0.15, -0.1) is 0 Å². The lowest BCUT2D eigenvalue weighted by Gasteiger charge is -2.43. The van der Waals surface area contributed by atoms with Crippen LogP contribution < -0.4 is 5.73 Å². The van der Waals surface area contributed by atoms with Crippen LogP contribution in [-0.4, -0.2) is 53.5 Å². The number of likely N-dealkylation sites (N-methyl/N-ethyl adjacent to an activating group) is 1. The summed E-state index contributed by atoms with van der Waals surface area (Å²) in [6, 6.07) is 5.16. The predicted octanol–water partition coefficient (Wildman–Crippen LogP) is 0.545. The zero-order valence-electron chi connectivity index (χ0n) is 10.7.